The summed E-state index contributed by atoms with van der Waals surface area (Å²) in [4.78, 5) is 29.1. The highest BCUT2D eigenvalue weighted by molar-refractivity contribution is 5.95. The van der Waals surface area contributed by atoms with Crippen LogP contribution < -0.4 is 5.32 Å². The molecule has 1 N–H and O–H groups in total. The number of methoxy groups -OCH3 is 1. The number of hydrogen-bond acceptors (Lipinski definition) is 5. The standard InChI is InChI=1S/C18H27N3O4/c1-24-12-10-20-8-2-5-14(20)13-19-17(22)15-6-3-9-21(15)18(23)16-7-4-11-25-16/h4,7,11,14-15H,2-3,5-6,8-10,12-13H2,1H3,(H,19,22)/t14-,15+/m0/s1. The molecule has 0 spiro atoms. The second-order valence-electron chi connectivity index (χ2n) is 6.70. The van der Waals surface area contributed by atoms with Gasteiger partial charge in [0.15, 0.2) is 5.76 Å². The Morgan fingerprint density at radius 3 is 2.92 bits per heavy atom. The van der Waals surface area contributed by atoms with E-state index in [1.165, 1.54) is 6.26 Å². The van der Waals surface area contributed by atoms with E-state index in [4.69, 9.17) is 9.15 Å². The molecule has 138 valence electrons. The van der Waals surface area contributed by atoms with Crippen molar-refractivity contribution < 1.29 is 18.7 Å². The van der Waals surface area contributed by atoms with Gasteiger partial charge in [0.2, 0.25) is 5.91 Å². The van der Waals surface area contributed by atoms with E-state index < -0.39 is 6.04 Å². The average molecular weight is 349 g/mol. The molecule has 2 aliphatic heterocycles. The van der Waals surface area contributed by atoms with Crippen LogP contribution in [0.25, 0.3) is 0 Å². The van der Waals surface area contributed by atoms with Gasteiger partial charge in [-0.2, -0.15) is 0 Å². The molecule has 25 heavy (non-hydrogen) atoms. The van der Waals surface area contributed by atoms with Crippen molar-refractivity contribution in [2.75, 3.05) is 39.9 Å². The van der Waals surface area contributed by atoms with Crippen molar-refractivity contribution in [3.63, 3.8) is 0 Å². The Kier molecular flexibility index (Phi) is 6.09. The van der Waals surface area contributed by atoms with E-state index in [2.05, 4.69) is 10.2 Å². The van der Waals surface area contributed by atoms with Gasteiger partial charge in [-0.15, -0.1) is 0 Å². The van der Waals surface area contributed by atoms with E-state index in [-0.39, 0.29) is 11.8 Å². The maximum absolute atomic E-state index is 12.6. The molecule has 1 aromatic rings. The van der Waals surface area contributed by atoms with Crippen molar-refractivity contribution in [2.45, 2.75) is 37.8 Å². The maximum atomic E-state index is 12.6. The van der Waals surface area contributed by atoms with E-state index in [9.17, 15) is 9.59 Å². The van der Waals surface area contributed by atoms with E-state index in [1.54, 1.807) is 24.1 Å². The molecule has 3 heterocycles. The van der Waals surface area contributed by atoms with Crippen molar-refractivity contribution >= 4 is 11.8 Å². The predicted octanol–water partition coefficient (Wildman–Crippen LogP) is 1.11. The number of amides is 2. The van der Waals surface area contributed by atoms with Crippen molar-refractivity contribution in [3.05, 3.63) is 24.2 Å². The second kappa shape index (κ2) is 8.49. The average Bonchev–Trinajstić information content (AvgIpc) is 3.38. The fourth-order valence-corrected chi connectivity index (χ4v) is 3.79. The minimum atomic E-state index is -0.397. The summed E-state index contributed by atoms with van der Waals surface area (Å²) in [5, 5.41) is 3.06. The smallest absolute Gasteiger partial charge is 0.290 e. The van der Waals surface area contributed by atoms with Gasteiger partial charge in [0, 0.05) is 32.8 Å². The molecular weight excluding hydrogens is 322 g/mol. The van der Waals surface area contributed by atoms with Gasteiger partial charge in [0.1, 0.15) is 6.04 Å². The highest BCUT2D eigenvalue weighted by Crippen LogP contribution is 2.21. The number of carbonyl (C=O) groups is 2. The lowest BCUT2D eigenvalue weighted by Crippen LogP contribution is -2.49. The van der Waals surface area contributed by atoms with Crippen molar-refractivity contribution in [1.82, 2.24) is 15.1 Å². The minimum Gasteiger partial charge on any atom is -0.459 e. The Balaban J connectivity index is 1.52. The Hall–Kier alpha value is -1.86. The molecule has 0 bridgehead atoms. The van der Waals surface area contributed by atoms with Crippen LogP contribution in [0.5, 0.6) is 0 Å². The van der Waals surface area contributed by atoms with Gasteiger partial charge >= 0.3 is 0 Å². The van der Waals surface area contributed by atoms with Crippen molar-refractivity contribution in [1.29, 1.82) is 0 Å². The van der Waals surface area contributed by atoms with Gasteiger partial charge in [0.05, 0.1) is 12.9 Å². The summed E-state index contributed by atoms with van der Waals surface area (Å²) in [5.41, 5.74) is 0. The van der Waals surface area contributed by atoms with Crippen LogP contribution in [0, 0.1) is 0 Å². The van der Waals surface area contributed by atoms with E-state index in [0.717, 1.165) is 32.4 Å². The van der Waals surface area contributed by atoms with Crippen LogP contribution in [0.15, 0.2) is 22.8 Å². The molecule has 2 saturated heterocycles. The SMILES string of the molecule is COCCN1CCC[C@H]1CNC(=O)[C@H]1CCCN1C(=O)c1ccco1. The number of nitrogens with one attached hydrogen (secondary N) is 1. The first kappa shape index (κ1) is 17.9. The van der Waals surface area contributed by atoms with Gasteiger partial charge in [0.25, 0.3) is 5.91 Å². The lowest BCUT2D eigenvalue weighted by atomic mass is 10.1. The van der Waals surface area contributed by atoms with Crippen LogP contribution in [-0.2, 0) is 9.53 Å². The Bertz CT molecular complexity index is 575. The molecule has 3 rings (SSSR count). The summed E-state index contributed by atoms with van der Waals surface area (Å²) in [5.74, 6) is 0.0301. The van der Waals surface area contributed by atoms with E-state index in [0.29, 0.717) is 37.9 Å². The quantitative estimate of drug-likeness (QED) is 0.798. The number of furan rings is 1. The molecule has 7 nitrogen and oxygen atoms in total. The Morgan fingerprint density at radius 2 is 2.16 bits per heavy atom. The summed E-state index contributed by atoms with van der Waals surface area (Å²) >= 11 is 0. The molecule has 7 heteroatoms. The predicted molar refractivity (Wildman–Crippen MR) is 92.2 cm³/mol. The molecule has 0 radical (unpaired) electrons. The van der Waals surface area contributed by atoms with E-state index in [1.807, 2.05) is 0 Å². The number of ether oxygens (including phenoxy) is 1. The summed E-state index contributed by atoms with van der Waals surface area (Å²) < 4.78 is 10.3. The minimum absolute atomic E-state index is 0.0593. The zero-order chi connectivity index (χ0) is 17.6. The Labute approximate surface area is 148 Å². The lowest BCUT2D eigenvalue weighted by molar-refractivity contribution is -0.125. The largest absolute Gasteiger partial charge is 0.459 e. The van der Waals surface area contributed by atoms with Gasteiger partial charge in [-0.1, -0.05) is 0 Å². The second-order valence-corrected chi connectivity index (χ2v) is 6.70. The number of nitrogens with zero attached hydrogens (tertiary/aromatic N) is 2. The molecule has 1 aromatic heterocycles. The number of rotatable bonds is 7. The van der Waals surface area contributed by atoms with Gasteiger partial charge in [-0.3, -0.25) is 14.5 Å². The third-order valence-corrected chi connectivity index (χ3v) is 5.14. The molecular formula is C18H27N3O4. The molecule has 0 aliphatic carbocycles. The Morgan fingerprint density at radius 1 is 1.32 bits per heavy atom. The zero-order valence-corrected chi connectivity index (χ0v) is 14.8. The topological polar surface area (TPSA) is 75.0 Å². The van der Waals surface area contributed by atoms with Gasteiger partial charge in [-0.25, -0.2) is 0 Å². The number of hydrogen-bond donors (Lipinski definition) is 1. The molecule has 0 aromatic carbocycles. The molecule has 2 amide bonds. The fraction of sp³-hybridized carbons (Fsp3) is 0.667. The summed E-state index contributed by atoms with van der Waals surface area (Å²) in [6, 6.07) is 3.29. The summed E-state index contributed by atoms with van der Waals surface area (Å²) in [7, 11) is 1.71. The van der Waals surface area contributed by atoms with Crippen LogP contribution >= 0.6 is 0 Å². The number of likely N-dealkylation sites (tertiary alicyclic amines) is 2. The normalized spacial score (nSPS) is 24.0. The van der Waals surface area contributed by atoms with E-state index >= 15 is 0 Å². The number of carbonyl (C=O) groups excluding carboxylic acids is 2. The first-order valence-corrected chi connectivity index (χ1v) is 9.06. The molecule has 0 unspecified atom stereocenters. The first-order valence-electron chi connectivity index (χ1n) is 9.06. The fourth-order valence-electron chi connectivity index (χ4n) is 3.79. The third kappa shape index (κ3) is 4.22. The summed E-state index contributed by atoms with van der Waals surface area (Å²) in [6.07, 6.45) is 5.26. The lowest BCUT2D eigenvalue weighted by Gasteiger charge is -2.27. The monoisotopic (exact) mass is 349 g/mol. The van der Waals surface area contributed by atoms with Crippen molar-refractivity contribution in [2.24, 2.45) is 0 Å². The maximum Gasteiger partial charge on any atom is 0.290 e. The van der Waals surface area contributed by atoms with Crippen LogP contribution in [0.3, 0.4) is 0 Å². The highest BCUT2D eigenvalue weighted by atomic mass is 16.5. The van der Waals surface area contributed by atoms with Crippen LogP contribution in [0.2, 0.25) is 0 Å². The highest BCUT2D eigenvalue weighted by Gasteiger charge is 2.36. The molecule has 2 aliphatic rings. The first-order chi connectivity index (χ1) is 12.2. The van der Waals surface area contributed by atoms with Gasteiger partial charge in [-0.05, 0) is 44.4 Å². The van der Waals surface area contributed by atoms with Gasteiger partial charge < -0.3 is 19.4 Å². The zero-order valence-electron chi connectivity index (χ0n) is 14.8. The molecule has 2 atom stereocenters. The van der Waals surface area contributed by atoms with Crippen LogP contribution in [-0.4, -0.2) is 73.6 Å². The van der Waals surface area contributed by atoms with Crippen LogP contribution in [0.4, 0.5) is 0 Å². The van der Waals surface area contributed by atoms with Crippen LogP contribution in [0.1, 0.15) is 36.2 Å². The summed E-state index contributed by atoms with van der Waals surface area (Å²) in [6.45, 7) is 3.88. The third-order valence-electron chi connectivity index (χ3n) is 5.14. The molecule has 2 fully saturated rings. The van der Waals surface area contributed by atoms with Crippen molar-refractivity contribution in [3.8, 4) is 0 Å². The molecule has 0 saturated carbocycles.